The largest absolute Gasteiger partial charge is 0.353 e. The molecule has 0 heterocycles. The lowest BCUT2D eigenvalue weighted by atomic mass is 9.94. The fourth-order valence-electron chi connectivity index (χ4n) is 2.35. The Bertz CT molecular complexity index is 400. The molecule has 2 nitrogen and oxygen atoms in total. The summed E-state index contributed by atoms with van der Waals surface area (Å²) in [5, 5.41) is 3.12. The molecule has 1 amide bonds. The van der Waals surface area contributed by atoms with Crippen LogP contribution in [-0.2, 0) is 10.2 Å². The van der Waals surface area contributed by atoms with Gasteiger partial charge in [-0.15, -0.1) is 11.6 Å². The quantitative estimate of drug-likeness (QED) is 0.786. The molecule has 1 unspecified atom stereocenters. The van der Waals surface area contributed by atoms with E-state index >= 15 is 0 Å². The summed E-state index contributed by atoms with van der Waals surface area (Å²) in [6, 6.07) is 10.3. The van der Waals surface area contributed by atoms with Gasteiger partial charge in [0, 0.05) is 11.9 Å². The van der Waals surface area contributed by atoms with E-state index in [1.54, 1.807) is 0 Å². The van der Waals surface area contributed by atoms with Crippen LogP contribution in [0.5, 0.6) is 0 Å². The number of alkyl halides is 1. The molecule has 2 rings (SSSR count). The van der Waals surface area contributed by atoms with Crippen LogP contribution in [0.4, 0.5) is 0 Å². The highest BCUT2D eigenvalue weighted by atomic mass is 35.5. The first-order valence-electron chi connectivity index (χ1n) is 6.61. The Hall–Kier alpha value is -1.02. The molecule has 0 aliphatic heterocycles. The van der Waals surface area contributed by atoms with E-state index in [4.69, 9.17) is 11.6 Å². The number of benzene rings is 1. The molecular formula is C15H20ClNO. The van der Waals surface area contributed by atoms with Gasteiger partial charge in [-0.3, -0.25) is 4.79 Å². The molecule has 1 N–H and O–H groups in total. The minimum atomic E-state index is -0.253. The van der Waals surface area contributed by atoms with Crippen molar-refractivity contribution < 1.29 is 4.79 Å². The molecule has 1 aliphatic carbocycles. The molecule has 1 fully saturated rings. The third kappa shape index (κ3) is 2.86. The van der Waals surface area contributed by atoms with Gasteiger partial charge in [-0.2, -0.15) is 0 Å². The summed E-state index contributed by atoms with van der Waals surface area (Å²) in [6.45, 7) is 2.05. The van der Waals surface area contributed by atoms with Gasteiger partial charge >= 0.3 is 0 Å². The number of nitrogens with one attached hydrogen (secondary N) is 1. The lowest BCUT2D eigenvalue weighted by Crippen LogP contribution is -2.40. The first-order chi connectivity index (χ1) is 8.69. The first kappa shape index (κ1) is 13.4. The number of carbonyl (C=O) groups is 1. The molecule has 98 valence electrons. The Morgan fingerprint density at radius 1 is 1.39 bits per heavy atom. The van der Waals surface area contributed by atoms with E-state index in [0.29, 0.717) is 5.88 Å². The predicted molar refractivity (Wildman–Crippen MR) is 74.9 cm³/mol. The number of halogens is 1. The average molecular weight is 266 g/mol. The zero-order valence-electron chi connectivity index (χ0n) is 10.8. The lowest BCUT2D eigenvalue weighted by Gasteiger charge is -2.19. The number of amides is 1. The van der Waals surface area contributed by atoms with E-state index in [-0.39, 0.29) is 17.4 Å². The van der Waals surface area contributed by atoms with Crippen molar-refractivity contribution >= 4 is 17.5 Å². The van der Waals surface area contributed by atoms with Crippen molar-refractivity contribution in [2.45, 2.75) is 44.1 Å². The van der Waals surface area contributed by atoms with Crippen molar-refractivity contribution in [3.05, 3.63) is 35.9 Å². The third-order valence-corrected chi connectivity index (χ3v) is 3.93. The van der Waals surface area contributed by atoms with Gasteiger partial charge in [0.2, 0.25) is 5.91 Å². The maximum Gasteiger partial charge on any atom is 0.230 e. The SMILES string of the molecule is CC(CCCCl)NC(=O)C1(c2ccccc2)CC1. The van der Waals surface area contributed by atoms with Gasteiger partial charge in [0.15, 0.2) is 0 Å². The Morgan fingerprint density at radius 3 is 2.61 bits per heavy atom. The summed E-state index contributed by atoms with van der Waals surface area (Å²) in [4.78, 5) is 12.4. The summed E-state index contributed by atoms with van der Waals surface area (Å²) in [5.74, 6) is 0.833. The fourth-order valence-corrected chi connectivity index (χ4v) is 2.50. The van der Waals surface area contributed by atoms with Crippen LogP contribution >= 0.6 is 11.6 Å². The monoisotopic (exact) mass is 265 g/mol. The zero-order valence-corrected chi connectivity index (χ0v) is 11.5. The molecule has 1 aliphatic rings. The van der Waals surface area contributed by atoms with Gasteiger partial charge in [-0.1, -0.05) is 30.3 Å². The fraction of sp³-hybridized carbons (Fsp3) is 0.533. The van der Waals surface area contributed by atoms with Crippen molar-refractivity contribution in [2.75, 3.05) is 5.88 Å². The molecule has 18 heavy (non-hydrogen) atoms. The summed E-state index contributed by atoms with van der Waals surface area (Å²) in [7, 11) is 0. The molecular weight excluding hydrogens is 246 g/mol. The predicted octanol–water partition coefficient (Wildman–Crippen LogP) is 3.24. The second kappa shape index (κ2) is 5.75. The van der Waals surface area contributed by atoms with Crippen molar-refractivity contribution in [2.24, 2.45) is 0 Å². The second-order valence-electron chi connectivity index (χ2n) is 5.15. The molecule has 0 bridgehead atoms. The van der Waals surface area contributed by atoms with Gasteiger partial charge in [-0.05, 0) is 38.2 Å². The molecule has 1 aromatic carbocycles. The van der Waals surface area contributed by atoms with E-state index in [2.05, 4.69) is 17.4 Å². The Morgan fingerprint density at radius 2 is 2.06 bits per heavy atom. The zero-order chi connectivity index (χ0) is 13.0. The van der Waals surface area contributed by atoms with Crippen molar-refractivity contribution in [3.8, 4) is 0 Å². The van der Waals surface area contributed by atoms with Crippen LogP contribution in [0.2, 0.25) is 0 Å². The van der Waals surface area contributed by atoms with Crippen LogP contribution < -0.4 is 5.32 Å². The number of carbonyl (C=O) groups excluding carboxylic acids is 1. The van der Waals surface area contributed by atoms with Crippen molar-refractivity contribution in [1.82, 2.24) is 5.32 Å². The minimum Gasteiger partial charge on any atom is -0.353 e. The van der Waals surface area contributed by atoms with E-state index in [9.17, 15) is 4.79 Å². The van der Waals surface area contributed by atoms with Crippen molar-refractivity contribution in [3.63, 3.8) is 0 Å². The van der Waals surface area contributed by atoms with Gasteiger partial charge in [0.05, 0.1) is 5.41 Å². The molecule has 0 radical (unpaired) electrons. The van der Waals surface area contributed by atoms with Gasteiger partial charge in [0.25, 0.3) is 0 Å². The molecule has 0 aromatic heterocycles. The Kier molecular flexibility index (Phi) is 4.28. The standard InChI is InChI=1S/C15H20ClNO/c1-12(6-5-11-16)17-14(18)15(9-10-15)13-7-3-2-4-8-13/h2-4,7-8,12H,5-6,9-11H2,1H3,(H,17,18). The van der Waals surface area contributed by atoms with Crippen LogP contribution in [0, 0.1) is 0 Å². The van der Waals surface area contributed by atoms with E-state index < -0.39 is 0 Å². The van der Waals surface area contributed by atoms with Crippen LogP contribution in [0.15, 0.2) is 30.3 Å². The molecule has 3 heteroatoms. The Labute approximate surface area is 114 Å². The lowest BCUT2D eigenvalue weighted by molar-refractivity contribution is -0.124. The summed E-state index contributed by atoms with van der Waals surface area (Å²) >= 11 is 5.67. The Balaban J connectivity index is 1.97. The molecule has 1 saturated carbocycles. The second-order valence-corrected chi connectivity index (χ2v) is 5.53. The average Bonchev–Trinajstić information content (AvgIpc) is 3.19. The summed E-state index contributed by atoms with van der Waals surface area (Å²) in [5.41, 5.74) is 0.892. The van der Waals surface area contributed by atoms with Crippen LogP contribution in [-0.4, -0.2) is 17.8 Å². The summed E-state index contributed by atoms with van der Waals surface area (Å²) < 4.78 is 0. The van der Waals surface area contributed by atoms with E-state index in [1.807, 2.05) is 25.1 Å². The van der Waals surface area contributed by atoms with Crippen molar-refractivity contribution in [1.29, 1.82) is 0 Å². The number of hydrogen-bond donors (Lipinski definition) is 1. The highest BCUT2D eigenvalue weighted by molar-refractivity contribution is 6.17. The van der Waals surface area contributed by atoms with Gasteiger partial charge < -0.3 is 5.32 Å². The maximum absolute atomic E-state index is 12.4. The highest BCUT2D eigenvalue weighted by Crippen LogP contribution is 2.48. The number of rotatable bonds is 6. The third-order valence-electron chi connectivity index (χ3n) is 3.66. The van der Waals surface area contributed by atoms with Gasteiger partial charge in [0.1, 0.15) is 0 Å². The maximum atomic E-state index is 12.4. The first-order valence-corrected chi connectivity index (χ1v) is 7.15. The highest BCUT2D eigenvalue weighted by Gasteiger charge is 2.51. The van der Waals surface area contributed by atoms with Crippen LogP contribution in [0.1, 0.15) is 38.2 Å². The normalized spacial score (nSPS) is 18.1. The molecule has 1 atom stereocenters. The van der Waals surface area contributed by atoms with Crippen LogP contribution in [0.3, 0.4) is 0 Å². The van der Waals surface area contributed by atoms with E-state index in [1.165, 1.54) is 0 Å². The molecule has 1 aromatic rings. The van der Waals surface area contributed by atoms with E-state index in [0.717, 1.165) is 31.2 Å². The molecule has 0 saturated heterocycles. The topological polar surface area (TPSA) is 29.1 Å². The molecule has 0 spiro atoms. The van der Waals surface area contributed by atoms with Gasteiger partial charge in [-0.25, -0.2) is 0 Å². The smallest absolute Gasteiger partial charge is 0.230 e. The number of hydrogen-bond acceptors (Lipinski definition) is 1. The van der Waals surface area contributed by atoms with Crippen LogP contribution in [0.25, 0.3) is 0 Å². The summed E-state index contributed by atoms with van der Waals surface area (Å²) in [6.07, 6.45) is 3.82. The minimum absolute atomic E-state index is 0.177.